The zero-order valence-corrected chi connectivity index (χ0v) is 30.3. The number of hydrogen-bond acceptors (Lipinski definition) is 4. The van der Waals surface area contributed by atoms with Crippen LogP contribution in [0.3, 0.4) is 0 Å². The van der Waals surface area contributed by atoms with E-state index in [-0.39, 0.29) is 34.5 Å². The zero-order valence-electron chi connectivity index (χ0n) is 28.3. The average Bonchev–Trinajstić information content (AvgIpc) is 2.83. The Morgan fingerprint density at radius 2 is 1.59 bits per heavy atom. The molecule has 0 aliphatic carbocycles. The van der Waals surface area contributed by atoms with E-state index in [1.54, 1.807) is 0 Å². The molecule has 0 amide bonds. The van der Waals surface area contributed by atoms with Gasteiger partial charge in [0.25, 0.3) is 0 Å². The normalized spacial score (nSPS) is 20.6. The summed E-state index contributed by atoms with van der Waals surface area (Å²) in [6.07, 6.45) is 8.88. The Morgan fingerprint density at radius 3 is 2.15 bits per heavy atom. The van der Waals surface area contributed by atoms with Crippen LogP contribution in [0.2, 0.25) is 36.3 Å². The van der Waals surface area contributed by atoms with Gasteiger partial charge in [-0.1, -0.05) is 101 Å². The van der Waals surface area contributed by atoms with Crippen LogP contribution in [0, 0.1) is 0 Å². The molecule has 0 spiro atoms. The first-order valence-electron chi connectivity index (χ1n) is 15.4. The van der Waals surface area contributed by atoms with Crippen molar-refractivity contribution < 1.29 is 18.3 Å². The Morgan fingerprint density at radius 1 is 1.00 bits per heavy atom. The van der Waals surface area contributed by atoms with Gasteiger partial charge in [-0.3, -0.25) is 0 Å². The van der Waals surface area contributed by atoms with Gasteiger partial charge in [-0.05, 0) is 68.5 Å². The number of hydrogen-bond donors (Lipinski definition) is 0. The molecule has 1 aromatic carbocycles. The van der Waals surface area contributed by atoms with E-state index in [0.717, 1.165) is 30.4 Å². The molecule has 0 saturated carbocycles. The van der Waals surface area contributed by atoms with Crippen molar-refractivity contribution in [2.24, 2.45) is 0 Å². The highest BCUT2D eigenvalue weighted by Gasteiger charge is 2.39. The van der Waals surface area contributed by atoms with Gasteiger partial charge >= 0.3 is 0 Å². The van der Waals surface area contributed by atoms with E-state index in [0.29, 0.717) is 13.2 Å². The van der Waals surface area contributed by atoms with Crippen LogP contribution in [0.4, 0.5) is 0 Å². The molecule has 0 N–H and O–H groups in total. The van der Waals surface area contributed by atoms with Crippen LogP contribution < -0.4 is 0 Å². The SMILES string of the molecule is C=C(C)C[C@H](CO[Si](C)(C)C(C)(C)C)O[C@@H](/C=C/c1ccccc1)C[C@@H]1C=C(C)C[C@H](CO[Si](C)(C)C(C)(C)C)O1. The lowest BCUT2D eigenvalue weighted by Gasteiger charge is -2.39. The van der Waals surface area contributed by atoms with Gasteiger partial charge in [-0.25, -0.2) is 0 Å². The molecule has 1 aliphatic rings. The maximum atomic E-state index is 6.84. The van der Waals surface area contributed by atoms with Gasteiger partial charge in [0.15, 0.2) is 16.6 Å². The van der Waals surface area contributed by atoms with Gasteiger partial charge in [-0.2, -0.15) is 0 Å². The molecular formula is C35H60O4Si2. The fourth-order valence-electron chi connectivity index (χ4n) is 4.31. The molecule has 6 heteroatoms. The highest BCUT2D eigenvalue weighted by molar-refractivity contribution is 6.74. The van der Waals surface area contributed by atoms with Crippen molar-refractivity contribution >= 4 is 22.7 Å². The lowest BCUT2D eigenvalue weighted by molar-refractivity contribution is -0.0654. The van der Waals surface area contributed by atoms with E-state index in [9.17, 15) is 0 Å². The smallest absolute Gasteiger partial charge is 0.192 e. The van der Waals surface area contributed by atoms with Gasteiger partial charge in [-0.15, -0.1) is 6.58 Å². The maximum Gasteiger partial charge on any atom is 0.192 e. The van der Waals surface area contributed by atoms with Gasteiger partial charge in [0, 0.05) is 6.42 Å². The highest BCUT2D eigenvalue weighted by Crippen LogP contribution is 2.38. The third-order valence-electron chi connectivity index (χ3n) is 8.97. The zero-order chi connectivity index (χ0) is 31.1. The second-order valence-electron chi connectivity index (χ2n) is 15.1. The minimum absolute atomic E-state index is 0.0334. The third-order valence-corrected chi connectivity index (χ3v) is 18.0. The predicted molar refractivity (Wildman–Crippen MR) is 182 cm³/mol. The molecule has 41 heavy (non-hydrogen) atoms. The van der Waals surface area contributed by atoms with Crippen molar-refractivity contribution in [1.82, 2.24) is 0 Å². The molecule has 0 radical (unpaired) electrons. The fourth-order valence-corrected chi connectivity index (χ4v) is 6.38. The lowest BCUT2D eigenvalue weighted by Crippen LogP contribution is -2.44. The third kappa shape index (κ3) is 12.1. The molecule has 1 aromatic rings. The number of benzene rings is 1. The molecule has 232 valence electrons. The van der Waals surface area contributed by atoms with Crippen LogP contribution in [0.25, 0.3) is 6.08 Å². The standard InChI is InChI=1S/C35H60O4Si2/c1-27(2)21-32(25-36-40(10,11)34(4,5)6)38-30(20-19-29-17-15-14-16-18-29)24-31-22-28(3)23-33(39-31)26-37-41(12,13)35(7,8)9/h14-20,22,30-33H,1,21,23-26H2,2-13H3/b20-19+/t30-,31-,32+,33+/m0/s1. The first-order valence-corrected chi connectivity index (χ1v) is 21.2. The van der Waals surface area contributed by atoms with Crippen molar-refractivity contribution in [3.8, 4) is 0 Å². The van der Waals surface area contributed by atoms with E-state index >= 15 is 0 Å². The van der Waals surface area contributed by atoms with Crippen LogP contribution >= 0.6 is 0 Å². The predicted octanol–water partition coefficient (Wildman–Crippen LogP) is 9.96. The van der Waals surface area contributed by atoms with Crippen molar-refractivity contribution in [2.75, 3.05) is 13.2 Å². The quantitative estimate of drug-likeness (QED) is 0.157. The van der Waals surface area contributed by atoms with E-state index < -0.39 is 16.6 Å². The van der Waals surface area contributed by atoms with Crippen LogP contribution in [0.15, 0.2) is 60.2 Å². The van der Waals surface area contributed by atoms with E-state index in [4.69, 9.17) is 18.3 Å². The van der Waals surface area contributed by atoms with Crippen molar-refractivity contribution in [3.63, 3.8) is 0 Å². The van der Waals surface area contributed by atoms with Gasteiger partial charge in [0.2, 0.25) is 0 Å². The Kier molecular flexibility index (Phi) is 13.1. The monoisotopic (exact) mass is 600 g/mol. The fraction of sp³-hybridized carbons (Fsp3) is 0.657. The highest BCUT2D eigenvalue weighted by atomic mass is 28.4. The average molecular weight is 601 g/mol. The number of rotatable bonds is 14. The molecule has 0 aromatic heterocycles. The molecule has 4 atom stereocenters. The van der Waals surface area contributed by atoms with Gasteiger partial charge in [0.05, 0.1) is 37.6 Å². The molecular weight excluding hydrogens is 541 g/mol. The molecule has 1 aliphatic heterocycles. The molecule has 1 heterocycles. The Labute approximate surface area is 254 Å². The lowest BCUT2D eigenvalue weighted by atomic mass is 10.00. The Bertz CT molecular complexity index is 1010. The van der Waals surface area contributed by atoms with Crippen molar-refractivity contribution in [3.05, 3.63) is 65.8 Å². The maximum absolute atomic E-state index is 6.84. The van der Waals surface area contributed by atoms with Crippen LogP contribution in [-0.2, 0) is 18.3 Å². The van der Waals surface area contributed by atoms with Crippen LogP contribution in [-0.4, -0.2) is 54.3 Å². The molecule has 0 bridgehead atoms. The number of ether oxygens (including phenoxy) is 2. The van der Waals surface area contributed by atoms with Crippen LogP contribution in [0.1, 0.15) is 80.2 Å². The summed E-state index contributed by atoms with van der Waals surface area (Å²) in [6.45, 7) is 32.6. The summed E-state index contributed by atoms with van der Waals surface area (Å²) in [6, 6.07) is 10.4. The van der Waals surface area contributed by atoms with Gasteiger partial charge < -0.3 is 18.3 Å². The summed E-state index contributed by atoms with van der Waals surface area (Å²) in [4.78, 5) is 0. The summed E-state index contributed by atoms with van der Waals surface area (Å²) < 4.78 is 26.7. The first-order chi connectivity index (χ1) is 18.8. The molecule has 2 rings (SSSR count). The Balaban J connectivity index is 2.22. The summed E-state index contributed by atoms with van der Waals surface area (Å²) in [7, 11) is -3.76. The molecule has 0 fully saturated rings. The summed E-state index contributed by atoms with van der Waals surface area (Å²) >= 11 is 0. The van der Waals surface area contributed by atoms with E-state index in [1.165, 1.54) is 5.57 Å². The van der Waals surface area contributed by atoms with Gasteiger partial charge in [0.1, 0.15) is 0 Å². The molecule has 0 unspecified atom stereocenters. The second kappa shape index (κ2) is 14.9. The summed E-state index contributed by atoms with van der Waals surface area (Å²) in [5.41, 5.74) is 3.62. The topological polar surface area (TPSA) is 36.9 Å². The van der Waals surface area contributed by atoms with Crippen LogP contribution in [0.5, 0.6) is 0 Å². The minimum Gasteiger partial charge on any atom is -0.414 e. The van der Waals surface area contributed by atoms with Crippen molar-refractivity contribution in [2.45, 2.75) is 135 Å². The summed E-state index contributed by atoms with van der Waals surface area (Å²) in [5, 5.41) is 0.324. The molecule has 4 nitrogen and oxygen atoms in total. The minimum atomic E-state index is -1.91. The Hall–Kier alpha value is -1.29. The second-order valence-corrected chi connectivity index (χ2v) is 24.7. The first kappa shape index (κ1) is 35.9. The summed E-state index contributed by atoms with van der Waals surface area (Å²) in [5.74, 6) is 0. The molecule has 0 saturated heterocycles. The van der Waals surface area contributed by atoms with E-state index in [1.807, 2.05) is 6.07 Å². The van der Waals surface area contributed by atoms with Crippen molar-refractivity contribution in [1.29, 1.82) is 0 Å². The largest absolute Gasteiger partial charge is 0.414 e. The van der Waals surface area contributed by atoms with E-state index in [2.05, 4.69) is 131 Å².